The first-order valence-corrected chi connectivity index (χ1v) is 9.69. The Kier molecular flexibility index (Phi) is 2.63. The fraction of sp³-hybridized carbons (Fsp3) is 0.810. The van der Waals surface area contributed by atoms with E-state index in [-0.39, 0.29) is 23.2 Å². The van der Waals surface area contributed by atoms with Crippen molar-refractivity contribution in [2.24, 2.45) is 34.0 Å². The summed E-state index contributed by atoms with van der Waals surface area (Å²) in [5, 5.41) is 0. The second kappa shape index (κ2) is 4.16. The maximum Gasteiger partial charge on any atom is 0.330 e. The van der Waals surface area contributed by atoms with Crippen LogP contribution in [0.4, 0.5) is 0 Å². The molecule has 3 nitrogen and oxygen atoms in total. The van der Waals surface area contributed by atoms with Crippen molar-refractivity contribution in [3.8, 4) is 0 Å². The minimum atomic E-state index is -0.582. The number of ether oxygens (including phenoxy) is 1. The predicted molar refractivity (Wildman–Crippen MR) is 90.1 cm³/mol. The van der Waals surface area contributed by atoms with Gasteiger partial charge in [-0.05, 0) is 68.1 Å². The molecule has 0 radical (unpaired) electrons. The van der Waals surface area contributed by atoms with Gasteiger partial charge in [-0.25, -0.2) is 4.79 Å². The van der Waals surface area contributed by atoms with Crippen LogP contribution in [0.3, 0.4) is 0 Å². The van der Waals surface area contributed by atoms with Crippen molar-refractivity contribution in [2.75, 3.05) is 0 Å². The van der Waals surface area contributed by atoms with Gasteiger partial charge in [0.25, 0.3) is 0 Å². The van der Waals surface area contributed by atoms with E-state index in [4.69, 9.17) is 4.74 Å². The average Bonchev–Trinajstić information content (AvgIpc) is 3.05. The summed E-state index contributed by atoms with van der Waals surface area (Å²) in [6.45, 7) is 6.28. The van der Waals surface area contributed by atoms with Crippen LogP contribution in [0.5, 0.6) is 0 Å². The third kappa shape index (κ3) is 1.55. The number of rotatable bonds is 0. The molecular weight excluding hydrogens is 300 g/mol. The number of ketones is 1. The fourth-order valence-electron chi connectivity index (χ4n) is 7.89. The van der Waals surface area contributed by atoms with Crippen molar-refractivity contribution in [1.82, 2.24) is 0 Å². The molecule has 4 fully saturated rings. The standard InChI is InChI=1S/C21H28O3/c1-18(2)15-11-14(22)17-13(19(15,3)9-6-16(23)24-18)5-10-20-7-4-8-21(17,20)12-20/h6,9,13,15,17H,4-5,7-8,10-12H2,1-3H3/t13-,15-,17-,19+,20+,21+/m0/s1. The third-order valence-corrected chi connectivity index (χ3v) is 8.88. The second-order valence-electron chi connectivity index (χ2n) is 10.0. The molecule has 5 aliphatic rings. The Balaban J connectivity index is 1.62. The van der Waals surface area contributed by atoms with Crippen LogP contribution in [0.2, 0.25) is 0 Å². The Morgan fingerprint density at radius 3 is 2.71 bits per heavy atom. The van der Waals surface area contributed by atoms with E-state index >= 15 is 0 Å². The number of fused-ring (bicyclic) bond motifs is 3. The van der Waals surface area contributed by atoms with E-state index in [0.717, 1.165) is 6.42 Å². The number of allylic oxidation sites excluding steroid dienone is 1. The zero-order valence-corrected chi connectivity index (χ0v) is 15.1. The average molecular weight is 328 g/mol. The van der Waals surface area contributed by atoms with Gasteiger partial charge in [0.15, 0.2) is 0 Å². The number of Topliss-reactive ketones (excluding diaryl/α,β-unsaturated/α-hetero) is 1. The van der Waals surface area contributed by atoms with E-state index < -0.39 is 5.60 Å². The molecule has 0 saturated heterocycles. The molecule has 4 aliphatic carbocycles. The van der Waals surface area contributed by atoms with Crippen molar-refractivity contribution in [1.29, 1.82) is 0 Å². The van der Waals surface area contributed by atoms with Gasteiger partial charge in [0.1, 0.15) is 11.4 Å². The number of hydrogen-bond donors (Lipinski definition) is 0. The van der Waals surface area contributed by atoms with Gasteiger partial charge in [-0.15, -0.1) is 0 Å². The van der Waals surface area contributed by atoms with Gasteiger partial charge < -0.3 is 4.74 Å². The largest absolute Gasteiger partial charge is 0.456 e. The molecule has 0 spiro atoms. The second-order valence-corrected chi connectivity index (χ2v) is 10.0. The SMILES string of the molecule is CC1(C)OC(=O)C=C[C@]2(C)[C@H]3CC[C@@]45CCC[C@@]4(C5)[C@@H]3C(=O)C[C@@H]12. The lowest BCUT2D eigenvalue weighted by Crippen LogP contribution is -2.57. The van der Waals surface area contributed by atoms with Crippen LogP contribution in [-0.4, -0.2) is 17.4 Å². The fourth-order valence-corrected chi connectivity index (χ4v) is 7.89. The van der Waals surface area contributed by atoms with E-state index in [1.54, 1.807) is 6.08 Å². The van der Waals surface area contributed by atoms with Crippen molar-refractivity contribution >= 4 is 11.8 Å². The summed E-state index contributed by atoms with van der Waals surface area (Å²) in [5.41, 5.74) is 0.126. The molecule has 0 bridgehead atoms. The van der Waals surface area contributed by atoms with Crippen LogP contribution >= 0.6 is 0 Å². The van der Waals surface area contributed by atoms with E-state index in [1.807, 2.05) is 13.8 Å². The third-order valence-electron chi connectivity index (χ3n) is 8.88. The van der Waals surface area contributed by atoms with Crippen molar-refractivity contribution < 1.29 is 14.3 Å². The van der Waals surface area contributed by atoms with Crippen LogP contribution in [-0.2, 0) is 14.3 Å². The van der Waals surface area contributed by atoms with Crippen molar-refractivity contribution in [3.63, 3.8) is 0 Å². The molecule has 1 heterocycles. The summed E-state index contributed by atoms with van der Waals surface area (Å²) in [6, 6.07) is 0. The molecule has 3 heteroatoms. The normalized spacial score (nSPS) is 54.0. The Hall–Kier alpha value is -1.12. The highest BCUT2D eigenvalue weighted by molar-refractivity contribution is 5.87. The molecule has 0 aromatic carbocycles. The molecule has 4 saturated carbocycles. The summed E-state index contributed by atoms with van der Waals surface area (Å²) < 4.78 is 5.70. The zero-order chi connectivity index (χ0) is 17.0. The molecule has 0 unspecified atom stereocenters. The smallest absolute Gasteiger partial charge is 0.330 e. The van der Waals surface area contributed by atoms with Crippen molar-refractivity contribution in [3.05, 3.63) is 12.2 Å². The molecule has 130 valence electrons. The lowest BCUT2D eigenvalue weighted by Gasteiger charge is -2.56. The topological polar surface area (TPSA) is 43.4 Å². The van der Waals surface area contributed by atoms with Gasteiger partial charge in [0.2, 0.25) is 0 Å². The van der Waals surface area contributed by atoms with Crippen LogP contribution in [0.25, 0.3) is 0 Å². The van der Waals surface area contributed by atoms with Crippen LogP contribution in [0.1, 0.15) is 65.7 Å². The lowest BCUT2D eigenvalue weighted by molar-refractivity contribution is -0.172. The summed E-state index contributed by atoms with van der Waals surface area (Å²) in [6.07, 6.45) is 11.9. The highest BCUT2D eigenvalue weighted by Gasteiger charge is 2.78. The van der Waals surface area contributed by atoms with E-state index in [0.29, 0.717) is 29.0 Å². The van der Waals surface area contributed by atoms with Crippen LogP contribution < -0.4 is 0 Å². The van der Waals surface area contributed by atoms with Gasteiger partial charge in [-0.2, -0.15) is 0 Å². The van der Waals surface area contributed by atoms with E-state index in [9.17, 15) is 9.59 Å². The summed E-state index contributed by atoms with van der Waals surface area (Å²) >= 11 is 0. The van der Waals surface area contributed by atoms with E-state index in [1.165, 1.54) is 32.1 Å². The summed E-state index contributed by atoms with van der Waals surface area (Å²) in [4.78, 5) is 25.4. The first-order valence-electron chi connectivity index (χ1n) is 9.69. The van der Waals surface area contributed by atoms with Gasteiger partial charge >= 0.3 is 5.97 Å². The molecular formula is C21H28O3. The van der Waals surface area contributed by atoms with Gasteiger partial charge in [-0.1, -0.05) is 19.4 Å². The molecule has 6 atom stereocenters. The maximum absolute atomic E-state index is 13.3. The highest BCUT2D eigenvalue weighted by atomic mass is 16.6. The minimum absolute atomic E-state index is 0.0884. The van der Waals surface area contributed by atoms with E-state index in [2.05, 4.69) is 13.0 Å². The molecule has 1 aliphatic heterocycles. The van der Waals surface area contributed by atoms with Gasteiger partial charge in [0.05, 0.1) is 0 Å². The Labute approximate surface area is 144 Å². The number of carbonyl (C=O) groups is 2. The molecule has 0 amide bonds. The molecule has 0 N–H and O–H groups in total. The Bertz CT molecular complexity index is 677. The molecule has 5 rings (SSSR count). The van der Waals surface area contributed by atoms with Gasteiger partial charge in [0, 0.05) is 24.3 Å². The van der Waals surface area contributed by atoms with Crippen LogP contribution in [0, 0.1) is 34.0 Å². The number of hydrogen-bond acceptors (Lipinski definition) is 3. The monoisotopic (exact) mass is 328 g/mol. The summed E-state index contributed by atoms with van der Waals surface area (Å²) in [5.74, 6) is 0.900. The number of cyclic esters (lactones) is 1. The predicted octanol–water partition coefficient (Wildman–Crippen LogP) is 4.06. The maximum atomic E-state index is 13.3. The zero-order valence-electron chi connectivity index (χ0n) is 15.1. The lowest BCUT2D eigenvalue weighted by atomic mass is 9.47. The first-order chi connectivity index (χ1) is 11.2. The molecule has 0 aromatic heterocycles. The number of esters is 1. The Morgan fingerprint density at radius 2 is 1.92 bits per heavy atom. The molecule has 24 heavy (non-hydrogen) atoms. The van der Waals surface area contributed by atoms with Crippen LogP contribution in [0.15, 0.2) is 12.2 Å². The summed E-state index contributed by atoms with van der Waals surface area (Å²) in [7, 11) is 0. The first kappa shape index (κ1) is 15.2. The van der Waals surface area contributed by atoms with Gasteiger partial charge in [-0.3, -0.25) is 4.79 Å². The highest BCUT2D eigenvalue weighted by Crippen LogP contribution is 2.84. The Morgan fingerprint density at radius 1 is 1.12 bits per heavy atom. The minimum Gasteiger partial charge on any atom is -0.456 e. The number of carbonyl (C=O) groups excluding carboxylic acids is 2. The quantitative estimate of drug-likeness (QED) is 0.630. The molecule has 0 aromatic rings. The van der Waals surface area contributed by atoms with Crippen molar-refractivity contribution in [2.45, 2.75) is 71.3 Å².